The zero-order valence-electron chi connectivity index (χ0n) is 23.0. The van der Waals surface area contributed by atoms with Crippen molar-refractivity contribution in [2.45, 2.75) is 43.8 Å². The van der Waals surface area contributed by atoms with E-state index in [0.29, 0.717) is 35.7 Å². The number of aliphatic hydroxyl groups is 3. The van der Waals surface area contributed by atoms with Crippen molar-refractivity contribution in [3.63, 3.8) is 0 Å². The van der Waals surface area contributed by atoms with Crippen LogP contribution in [0.5, 0.6) is 0 Å². The van der Waals surface area contributed by atoms with Crippen molar-refractivity contribution in [3.8, 4) is 0 Å². The van der Waals surface area contributed by atoms with Crippen molar-refractivity contribution < 1.29 is 24.6 Å². The highest BCUT2D eigenvalue weighted by Crippen LogP contribution is 2.40. The zero-order valence-corrected chi connectivity index (χ0v) is 23.0. The van der Waals surface area contributed by atoms with Crippen LogP contribution in [0, 0.1) is 0 Å². The number of aryl methyl sites for hydroxylation is 1. The van der Waals surface area contributed by atoms with E-state index in [1.54, 1.807) is 10.6 Å². The molecule has 1 fully saturated rings. The Morgan fingerprint density at radius 1 is 0.952 bits per heavy atom. The molecule has 2 aromatic carbocycles. The molecule has 5 N–H and O–H groups in total. The molecular weight excluding hydrogens is 538 g/mol. The molecule has 1 aliphatic heterocycles. The summed E-state index contributed by atoms with van der Waals surface area (Å²) in [4.78, 5) is 13.8. The normalized spacial score (nSPS) is 20.4. The summed E-state index contributed by atoms with van der Waals surface area (Å²) in [5.74, 6) is 1.10. The van der Waals surface area contributed by atoms with Gasteiger partial charge in [-0.2, -0.15) is 9.97 Å². The second kappa shape index (κ2) is 12.2. The lowest BCUT2D eigenvalue weighted by atomic mass is 9.91. The molecular formula is C30H33N7O5. The first-order valence-corrected chi connectivity index (χ1v) is 14.0. The molecule has 1 aliphatic rings. The molecule has 42 heavy (non-hydrogen) atoms. The van der Waals surface area contributed by atoms with Crippen LogP contribution in [0.15, 0.2) is 77.6 Å². The molecule has 0 radical (unpaired) electrons. The van der Waals surface area contributed by atoms with Gasteiger partial charge in [0.2, 0.25) is 5.95 Å². The van der Waals surface area contributed by atoms with Crippen LogP contribution in [0.2, 0.25) is 0 Å². The van der Waals surface area contributed by atoms with E-state index in [4.69, 9.17) is 9.26 Å². The van der Waals surface area contributed by atoms with Crippen molar-refractivity contribution in [1.82, 2.24) is 24.7 Å². The quantitative estimate of drug-likeness (QED) is 0.158. The maximum atomic E-state index is 11.0. The number of benzene rings is 2. The third kappa shape index (κ3) is 5.44. The maximum absolute atomic E-state index is 11.0. The lowest BCUT2D eigenvalue weighted by molar-refractivity contribution is -0.0434. The van der Waals surface area contributed by atoms with Crippen LogP contribution in [-0.2, 0) is 11.2 Å². The molecule has 12 heteroatoms. The van der Waals surface area contributed by atoms with Gasteiger partial charge in [-0.05, 0) is 17.5 Å². The molecule has 0 aliphatic carbocycles. The Kier molecular flexibility index (Phi) is 8.11. The Bertz CT molecular complexity index is 1570. The highest BCUT2D eigenvalue weighted by Gasteiger charge is 2.47. The number of fused-ring (bicyclic) bond motifs is 1. The number of anilines is 2. The van der Waals surface area contributed by atoms with Crippen LogP contribution < -0.4 is 10.6 Å². The summed E-state index contributed by atoms with van der Waals surface area (Å²) in [6.45, 7) is 2.59. The molecule has 4 atom stereocenters. The summed E-state index contributed by atoms with van der Waals surface area (Å²) in [6.07, 6.45) is -2.29. The minimum absolute atomic E-state index is 0.0270. The lowest BCUT2D eigenvalue weighted by Gasteiger charge is -2.20. The molecule has 4 heterocycles. The van der Waals surface area contributed by atoms with Crippen LogP contribution >= 0.6 is 0 Å². The van der Waals surface area contributed by atoms with Crippen molar-refractivity contribution >= 4 is 22.9 Å². The first-order chi connectivity index (χ1) is 20.6. The Hall–Kier alpha value is -4.36. The fourth-order valence-corrected chi connectivity index (χ4v) is 5.22. The average Bonchev–Trinajstić information content (AvgIpc) is 3.75. The summed E-state index contributed by atoms with van der Waals surface area (Å²) >= 11 is 0. The lowest BCUT2D eigenvalue weighted by Crippen LogP contribution is -2.29. The van der Waals surface area contributed by atoms with Crippen LogP contribution in [-0.4, -0.2) is 71.9 Å². The molecule has 4 unspecified atom stereocenters. The molecule has 1 saturated heterocycles. The predicted molar refractivity (Wildman–Crippen MR) is 155 cm³/mol. The summed E-state index contributed by atoms with van der Waals surface area (Å²) in [6, 6.07) is 22.1. The monoisotopic (exact) mass is 571 g/mol. The van der Waals surface area contributed by atoms with E-state index in [0.717, 1.165) is 16.8 Å². The second-order valence-corrected chi connectivity index (χ2v) is 10.1. The van der Waals surface area contributed by atoms with Gasteiger partial charge in [-0.1, -0.05) is 72.7 Å². The van der Waals surface area contributed by atoms with Crippen LogP contribution in [0.25, 0.3) is 11.2 Å². The van der Waals surface area contributed by atoms with Crippen molar-refractivity contribution in [1.29, 1.82) is 0 Å². The standard InChI is InChI=1S/C30H33N7O5/c1-2-20-15-22(42-36-20)26-24(39)25(40)29(41-26)37-17-33-23-27(34-30(31-13-14-38)35-28(23)37)32-16-21(18-9-5-3-6-10-18)19-11-7-4-8-12-19/h3-12,15,17,21,24-26,29,38-40H,2,13-14,16H2,1H3,(H2,31,32,34,35). The number of nitrogens with zero attached hydrogens (tertiary/aromatic N) is 5. The van der Waals surface area contributed by atoms with Gasteiger partial charge < -0.3 is 35.2 Å². The fraction of sp³-hybridized carbons (Fsp3) is 0.333. The average molecular weight is 572 g/mol. The molecule has 0 amide bonds. The minimum atomic E-state index is -1.29. The highest BCUT2D eigenvalue weighted by atomic mass is 16.6. The summed E-state index contributed by atoms with van der Waals surface area (Å²) in [7, 11) is 0. The summed E-state index contributed by atoms with van der Waals surface area (Å²) < 4.78 is 13.1. The van der Waals surface area contributed by atoms with E-state index in [1.165, 1.54) is 6.33 Å². The first-order valence-electron chi connectivity index (χ1n) is 14.0. The summed E-state index contributed by atoms with van der Waals surface area (Å²) in [5, 5.41) is 41.7. The zero-order chi connectivity index (χ0) is 29.1. The molecule has 3 aromatic heterocycles. The smallest absolute Gasteiger partial charge is 0.226 e. The van der Waals surface area contributed by atoms with Crippen molar-refractivity contribution in [2.24, 2.45) is 0 Å². The van der Waals surface area contributed by atoms with E-state index in [2.05, 4.69) is 55.0 Å². The number of hydrogen-bond donors (Lipinski definition) is 5. The summed E-state index contributed by atoms with van der Waals surface area (Å²) in [5.41, 5.74) is 3.86. The number of rotatable bonds is 11. The van der Waals surface area contributed by atoms with E-state index in [9.17, 15) is 15.3 Å². The topological polar surface area (TPSA) is 164 Å². The maximum Gasteiger partial charge on any atom is 0.226 e. The van der Waals surface area contributed by atoms with Gasteiger partial charge in [0.1, 0.15) is 18.3 Å². The van der Waals surface area contributed by atoms with Gasteiger partial charge in [0.15, 0.2) is 29.0 Å². The first kappa shape index (κ1) is 27.8. The molecule has 0 saturated carbocycles. The van der Waals surface area contributed by atoms with Gasteiger partial charge in [-0.25, -0.2) is 4.98 Å². The van der Waals surface area contributed by atoms with E-state index >= 15 is 0 Å². The minimum Gasteiger partial charge on any atom is -0.395 e. The third-order valence-electron chi connectivity index (χ3n) is 7.43. The Morgan fingerprint density at radius 2 is 1.67 bits per heavy atom. The molecule has 0 spiro atoms. The van der Waals surface area contributed by atoms with Crippen molar-refractivity contribution in [2.75, 3.05) is 30.3 Å². The van der Waals surface area contributed by atoms with Gasteiger partial charge in [0, 0.05) is 25.1 Å². The number of hydrogen-bond acceptors (Lipinski definition) is 11. The molecule has 12 nitrogen and oxygen atoms in total. The van der Waals surface area contributed by atoms with Gasteiger partial charge in [-0.15, -0.1) is 0 Å². The van der Waals surface area contributed by atoms with Crippen molar-refractivity contribution in [3.05, 3.63) is 95.6 Å². The fourth-order valence-electron chi connectivity index (χ4n) is 5.22. The van der Waals surface area contributed by atoms with E-state index in [-0.39, 0.29) is 25.0 Å². The number of imidazole rings is 1. The number of nitrogens with one attached hydrogen (secondary N) is 2. The van der Waals surface area contributed by atoms with Crippen LogP contribution in [0.3, 0.4) is 0 Å². The molecule has 218 valence electrons. The number of ether oxygens (including phenoxy) is 1. The Balaban J connectivity index is 1.33. The number of aromatic nitrogens is 5. The largest absolute Gasteiger partial charge is 0.395 e. The van der Waals surface area contributed by atoms with E-state index in [1.807, 2.05) is 43.3 Å². The molecule has 0 bridgehead atoms. The van der Waals surface area contributed by atoms with Gasteiger partial charge in [0.25, 0.3) is 0 Å². The van der Waals surface area contributed by atoms with Gasteiger partial charge in [0.05, 0.1) is 18.6 Å². The van der Waals surface area contributed by atoms with Crippen LogP contribution in [0.4, 0.5) is 11.8 Å². The number of aliphatic hydroxyl groups excluding tert-OH is 3. The third-order valence-corrected chi connectivity index (χ3v) is 7.43. The SMILES string of the molecule is CCc1cc(C2OC(n3cnc4c(NCC(c5ccccc5)c5ccccc5)nc(NCCO)nc43)C(O)C2O)on1. The molecule has 6 rings (SSSR count). The van der Waals surface area contributed by atoms with Gasteiger partial charge >= 0.3 is 0 Å². The predicted octanol–water partition coefficient (Wildman–Crippen LogP) is 3.02. The molecule has 5 aromatic rings. The van der Waals surface area contributed by atoms with E-state index < -0.39 is 24.5 Å². The Labute approximate surface area is 242 Å². The second-order valence-electron chi connectivity index (χ2n) is 10.1. The van der Waals surface area contributed by atoms with Gasteiger partial charge in [-0.3, -0.25) is 4.57 Å². The highest BCUT2D eigenvalue weighted by molar-refractivity contribution is 5.84. The van der Waals surface area contributed by atoms with Crippen LogP contribution in [0.1, 0.15) is 47.8 Å². The Morgan fingerprint density at radius 3 is 2.31 bits per heavy atom.